The number of nitrogens with zero attached hydrogens (tertiary/aromatic N) is 1. The van der Waals surface area contributed by atoms with Gasteiger partial charge in [0.15, 0.2) is 0 Å². The molecule has 0 saturated heterocycles. The van der Waals surface area contributed by atoms with Crippen molar-refractivity contribution in [2.24, 2.45) is 0 Å². The van der Waals surface area contributed by atoms with Crippen LogP contribution in [0, 0.1) is 0 Å². The van der Waals surface area contributed by atoms with E-state index in [1.54, 1.807) is 0 Å². The molecular formula is C8H19NO. The lowest BCUT2D eigenvalue weighted by atomic mass is 10.2. The molecule has 2 nitrogen and oxygen atoms in total. The standard InChI is InChI=1S/C8H19NO/c1-7(2)9(4)6-5-8(3)10/h7-8,10H,5-6H2,1-4H3. The second-order valence-corrected chi connectivity index (χ2v) is 3.21. The van der Waals surface area contributed by atoms with Crippen molar-refractivity contribution >= 4 is 0 Å². The first-order chi connectivity index (χ1) is 4.54. The van der Waals surface area contributed by atoms with Crippen LogP contribution in [0.25, 0.3) is 0 Å². The average molecular weight is 145 g/mol. The Balaban J connectivity index is 3.30. The van der Waals surface area contributed by atoms with Crippen molar-refractivity contribution in [3.05, 3.63) is 0 Å². The van der Waals surface area contributed by atoms with Crippen LogP contribution in [-0.4, -0.2) is 35.7 Å². The van der Waals surface area contributed by atoms with E-state index in [0.29, 0.717) is 6.04 Å². The van der Waals surface area contributed by atoms with Crippen LogP contribution in [-0.2, 0) is 0 Å². The van der Waals surface area contributed by atoms with E-state index in [9.17, 15) is 0 Å². The maximum Gasteiger partial charge on any atom is 0.0524 e. The summed E-state index contributed by atoms with van der Waals surface area (Å²) in [4.78, 5) is 2.23. The Hall–Kier alpha value is -0.0800. The van der Waals surface area contributed by atoms with Gasteiger partial charge in [-0.2, -0.15) is 0 Å². The predicted octanol–water partition coefficient (Wildman–Crippen LogP) is 1.10. The SMILES string of the molecule is CC(O)CCN(C)C(C)C. The van der Waals surface area contributed by atoms with E-state index in [1.165, 1.54) is 0 Å². The van der Waals surface area contributed by atoms with Crippen molar-refractivity contribution < 1.29 is 5.11 Å². The van der Waals surface area contributed by atoms with Gasteiger partial charge in [-0.3, -0.25) is 0 Å². The van der Waals surface area contributed by atoms with Crippen LogP contribution < -0.4 is 0 Å². The molecule has 1 N–H and O–H groups in total. The van der Waals surface area contributed by atoms with E-state index in [4.69, 9.17) is 5.11 Å². The fourth-order valence-corrected chi connectivity index (χ4v) is 0.649. The van der Waals surface area contributed by atoms with Crippen molar-refractivity contribution in [2.45, 2.75) is 39.3 Å². The van der Waals surface area contributed by atoms with E-state index < -0.39 is 0 Å². The van der Waals surface area contributed by atoms with Crippen LogP contribution in [0.2, 0.25) is 0 Å². The molecule has 1 unspecified atom stereocenters. The minimum absolute atomic E-state index is 0.166. The first-order valence-electron chi connectivity index (χ1n) is 3.92. The van der Waals surface area contributed by atoms with Crippen LogP contribution in [0.15, 0.2) is 0 Å². The zero-order valence-electron chi connectivity index (χ0n) is 7.46. The van der Waals surface area contributed by atoms with Crippen molar-refractivity contribution in [2.75, 3.05) is 13.6 Å². The number of hydrogen-bond donors (Lipinski definition) is 1. The molecule has 0 bridgehead atoms. The normalized spacial score (nSPS) is 14.7. The van der Waals surface area contributed by atoms with Crippen molar-refractivity contribution in [1.82, 2.24) is 4.90 Å². The van der Waals surface area contributed by atoms with Crippen molar-refractivity contribution in [3.8, 4) is 0 Å². The van der Waals surface area contributed by atoms with Crippen molar-refractivity contribution in [3.63, 3.8) is 0 Å². The first-order valence-corrected chi connectivity index (χ1v) is 3.92. The second-order valence-electron chi connectivity index (χ2n) is 3.21. The maximum atomic E-state index is 8.96. The largest absolute Gasteiger partial charge is 0.393 e. The van der Waals surface area contributed by atoms with Gasteiger partial charge in [0.25, 0.3) is 0 Å². The Kier molecular flexibility index (Phi) is 4.65. The Morgan fingerprint density at radius 1 is 1.30 bits per heavy atom. The van der Waals surface area contributed by atoms with Gasteiger partial charge in [0.1, 0.15) is 0 Å². The summed E-state index contributed by atoms with van der Waals surface area (Å²) in [5.74, 6) is 0. The third-order valence-corrected chi connectivity index (χ3v) is 1.78. The molecule has 0 spiro atoms. The van der Waals surface area contributed by atoms with Crippen LogP contribution in [0.5, 0.6) is 0 Å². The van der Waals surface area contributed by atoms with E-state index >= 15 is 0 Å². The Labute approximate surface area is 63.8 Å². The highest BCUT2D eigenvalue weighted by atomic mass is 16.3. The van der Waals surface area contributed by atoms with Crippen LogP contribution in [0.3, 0.4) is 0 Å². The summed E-state index contributed by atoms with van der Waals surface area (Å²) in [6.07, 6.45) is 0.704. The molecule has 62 valence electrons. The molecule has 0 heterocycles. The van der Waals surface area contributed by atoms with Gasteiger partial charge in [-0.25, -0.2) is 0 Å². The van der Waals surface area contributed by atoms with Gasteiger partial charge < -0.3 is 10.0 Å². The van der Waals surface area contributed by atoms with Gasteiger partial charge in [-0.1, -0.05) is 0 Å². The number of rotatable bonds is 4. The molecule has 0 rings (SSSR count). The van der Waals surface area contributed by atoms with Crippen LogP contribution >= 0.6 is 0 Å². The zero-order chi connectivity index (χ0) is 8.15. The minimum Gasteiger partial charge on any atom is -0.393 e. The molecule has 0 aliphatic rings. The summed E-state index contributed by atoms with van der Waals surface area (Å²) in [6, 6.07) is 0.582. The molecule has 0 radical (unpaired) electrons. The lowest BCUT2D eigenvalue weighted by molar-refractivity contribution is 0.155. The summed E-state index contributed by atoms with van der Waals surface area (Å²) in [7, 11) is 2.08. The lowest BCUT2D eigenvalue weighted by Gasteiger charge is -2.21. The number of aliphatic hydroxyl groups excluding tert-OH is 1. The van der Waals surface area contributed by atoms with E-state index in [0.717, 1.165) is 13.0 Å². The number of aliphatic hydroxyl groups is 1. The molecule has 2 heteroatoms. The average Bonchev–Trinajstić information content (AvgIpc) is 1.82. The Morgan fingerprint density at radius 3 is 2.10 bits per heavy atom. The molecule has 10 heavy (non-hydrogen) atoms. The third kappa shape index (κ3) is 4.77. The van der Waals surface area contributed by atoms with Gasteiger partial charge in [0, 0.05) is 12.6 Å². The lowest BCUT2D eigenvalue weighted by Crippen LogP contribution is -2.28. The van der Waals surface area contributed by atoms with Crippen LogP contribution in [0.1, 0.15) is 27.2 Å². The molecule has 0 aliphatic heterocycles. The monoisotopic (exact) mass is 145 g/mol. The topological polar surface area (TPSA) is 23.5 Å². The number of hydrogen-bond acceptors (Lipinski definition) is 2. The minimum atomic E-state index is -0.166. The molecule has 1 atom stereocenters. The Bertz CT molecular complexity index is 81.3. The maximum absolute atomic E-state index is 8.96. The molecule has 0 amide bonds. The summed E-state index contributed by atoms with van der Waals surface area (Å²) in [6.45, 7) is 7.12. The zero-order valence-corrected chi connectivity index (χ0v) is 7.46. The molecule has 0 fully saturated rings. The van der Waals surface area contributed by atoms with E-state index in [-0.39, 0.29) is 6.10 Å². The third-order valence-electron chi connectivity index (χ3n) is 1.78. The highest BCUT2D eigenvalue weighted by Gasteiger charge is 2.03. The van der Waals surface area contributed by atoms with Gasteiger partial charge in [-0.15, -0.1) is 0 Å². The smallest absolute Gasteiger partial charge is 0.0524 e. The summed E-state index contributed by atoms with van der Waals surface area (Å²) >= 11 is 0. The predicted molar refractivity (Wildman–Crippen MR) is 44.1 cm³/mol. The first kappa shape index (κ1) is 9.92. The van der Waals surface area contributed by atoms with Gasteiger partial charge in [0.2, 0.25) is 0 Å². The summed E-state index contributed by atoms with van der Waals surface area (Å²) < 4.78 is 0. The van der Waals surface area contributed by atoms with Gasteiger partial charge in [-0.05, 0) is 34.2 Å². The van der Waals surface area contributed by atoms with Crippen LogP contribution in [0.4, 0.5) is 0 Å². The fourth-order valence-electron chi connectivity index (χ4n) is 0.649. The molecule has 0 aromatic carbocycles. The van der Waals surface area contributed by atoms with Gasteiger partial charge in [0.05, 0.1) is 6.10 Å². The molecular weight excluding hydrogens is 126 g/mol. The summed E-state index contributed by atoms with van der Waals surface area (Å²) in [5, 5.41) is 8.96. The highest BCUT2D eigenvalue weighted by molar-refractivity contribution is 4.58. The summed E-state index contributed by atoms with van der Waals surface area (Å²) in [5.41, 5.74) is 0. The van der Waals surface area contributed by atoms with E-state index in [1.807, 2.05) is 6.92 Å². The molecule has 0 saturated carbocycles. The fraction of sp³-hybridized carbons (Fsp3) is 1.00. The van der Waals surface area contributed by atoms with Crippen molar-refractivity contribution in [1.29, 1.82) is 0 Å². The second kappa shape index (κ2) is 4.69. The highest BCUT2D eigenvalue weighted by Crippen LogP contribution is 1.97. The molecule has 0 aromatic heterocycles. The molecule has 0 aromatic rings. The van der Waals surface area contributed by atoms with Gasteiger partial charge >= 0.3 is 0 Å². The Morgan fingerprint density at radius 2 is 1.80 bits per heavy atom. The van der Waals surface area contributed by atoms with E-state index in [2.05, 4.69) is 25.8 Å². The molecule has 0 aliphatic carbocycles. The quantitative estimate of drug-likeness (QED) is 0.640.